The summed E-state index contributed by atoms with van der Waals surface area (Å²) in [4.78, 5) is 16.8. The molecule has 2 heterocycles. The fourth-order valence-corrected chi connectivity index (χ4v) is 3.59. The molecule has 1 aromatic carbocycles. The van der Waals surface area contributed by atoms with Crippen LogP contribution < -0.4 is 5.32 Å². The monoisotopic (exact) mass is 309 g/mol. The molecular weight excluding hydrogens is 302 g/mol. The molecular formula is C11H8ClN5S2. The van der Waals surface area contributed by atoms with Gasteiger partial charge in [0.05, 0.1) is 10.2 Å². The highest BCUT2D eigenvalue weighted by molar-refractivity contribution is 8.01. The molecule has 0 saturated heterocycles. The number of nitrogens with one attached hydrogen (secondary N) is 1. The normalized spacial score (nSPS) is 10.8. The maximum Gasteiger partial charge on any atom is 0.228 e. The number of nitrogens with zero attached hydrogens (tertiary/aromatic N) is 4. The van der Waals surface area contributed by atoms with Gasteiger partial charge >= 0.3 is 0 Å². The fourth-order valence-electron chi connectivity index (χ4n) is 1.46. The Labute approximate surface area is 122 Å². The van der Waals surface area contributed by atoms with Crippen LogP contribution in [0.2, 0.25) is 5.28 Å². The van der Waals surface area contributed by atoms with Gasteiger partial charge in [0.1, 0.15) is 0 Å². The minimum atomic E-state index is 0.169. The summed E-state index contributed by atoms with van der Waals surface area (Å²) in [6.07, 6.45) is 0. The molecule has 0 spiro atoms. The zero-order chi connectivity index (χ0) is 13.2. The van der Waals surface area contributed by atoms with Crippen LogP contribution in [0.25, 0.3) is 10.2 Å². The van der Waals surface area contributed by atoms with Gasteiger partial charge in [-0.1, -0.05) is 12.1 Å². The highest BCUT2D eigenvalue weighted by Gasteiger charge is 2.09. The first-order chi connectivity index (χ1) is 9.24. The van der Waals surface area contributed by atoms with Crippen molar-refractivity contribution in [3.8, 4) is 0 Å². The van der Waals surface area contributed by atoms with E-state index in [-0.39, 0.29) is 5.28 Å². The number of aromatic nitrogens is 4. The maximum absolute atomic E-state index is 5.84. The van der Waals surface area contributed by atoms with Crippen LogP contribution in [0.15, 0.2) is 33.8 Å². The van der Waals surface area contributed by atoms with Crippen LogP contribution in [0.3, 0.4) is 0 Å². The molecule has 3 aromatic rings. The Bertz CT molecular complexity index is 697. The minimum absolute atomic E-state index is 0.169. The van der Waals surface area contributed by atoms with Crippen LogP contribution in [0, 0.1) is 0 Å². The Kier molecular flexibility index (Phi) is 3.50. The van der Waals surface area contributed by atoms with Gasteiger partial charge in [-0.2, -0.15) is 15.0 Å². The SMILES string of the molecule is CNc1nc(Cl)nc(Sc2nc3ccccc3s2)n1. The van der Waals surface area contributed by atoms with Crippen LogP contribution in [0.1, 0.15) is 0 Å². The topological polar surface area (TPSA) is 63.6 Å². The predicted octanol–water partition coefficient (Wildman–Crippen LogP) is 3.33. The summed E-state index contributed by atoms with van der Waals surface area (Å²) in [5.74, 6) is 0.448. The highest BCUT2D eigenvalue weighted by atomic mass is 35.5. The van der Waals surface area contributed by atoms with E-state index in [9.17, 15) is 0 Å². The van der Waals surface area contributed by atoms with E-state index in [4.69, 9.17) is 11.6 Å². The summed E-state index contributed by atoms with van der Waals surface area (Å²) < 4.78 is 2.02. The average molecular weight is 310 g/mol. The Balaban J connectivity index is 1.94. The second-order valence-corrected chi connectivity index (χ2v) is 6.09. The number of fused-ring (bicyclic) bond motifs is 1. The number of benzene rings is 1. The standard InChI is InChI=1S/C11H8ClN5S2/c1-13-9-15-8(12)16-10(17-9)19-11-14-6-4-2-3-5-7(6)18-11/h2-5H,1H3,(H,13,15,16,17). The Hall–Kier alpha value is -1.44. The first kappa shape index (κ1) is 12.6. The number of rotatable bonds is 3. The molecule has 19 heavy (non-hydrogen) atoms. The number of anilines is 1. The maximum atomic E-state index is 5.84. The number of para-hydroxylation sites is 1. The third-order valence-corrected chi connectivity index (χ3v) is 4.40. The van der Waals surface area contributed by atoms with Crippen LogP contribution in [-0.2, 0) is 0 Å². The molecule has 3 rings (SSSR count). The van der Waals surface area contributed by atoms with Crippen molar-refractivity contribution in [2.45, 2.75) is 9.50 Å². The van der Waals surface area contributed by atoms with Crippen molar-refractivity contribution in [2.24, 2.45) is 0 Å². The molecule has 0 aliphatic carbocycles. The summed E-state index contributed by atoms with van der Waals surface area (Å²) in [6, 6.07) is 7.98. The van der Waals surface area contributed by atoms with Gasteiger partial charge in [0, 0.05) is 7.05 Å². The van der Waals surface area contributed by atoms with Crippen LogP contribution in [0.5, 0.6) is 0 Å². The van der Waals surface area contributed by atoms with Crippen molar-refractivity contribution in [1.82, 2.24) is 19.9 Å². The summed E-state index contributed by atoms with van der Waals surface area (Å²) >= 11 is 8.82. The van der Waals surface area contributed by atoms with Gasteiger partial charge in [-0.25, -0.2) is 4.98 Å². The summed E-state index contributed by atoms with van der Waals surface area (Å²) in [6.45, 7) is 0. The van der Waals surface area contributed by atoms with E-state index in [0.717, 1.165) is 14.6 Å². The van der Waals surface area contributed by atoms with Gasteiger partial charge in [0.15, 0.2) is 4.34 Å². The average Bonchev–Trinajstić information content (AvgIpc) is 2.80. The summed E-state index contributed by atoms with van der Waals surface area (Å²) in [7, 11) is 1.73. The first-order valence-corrected chi connectivity index (χ1v) is 7.38. The Morgan fingerprint density at radius 3 is 2.79 bits per heavy atom. The lowest BCUT2D eigenvalue weighted by atomic mass is 10.3. The molecule has 5 nitrogen and oxygen atoms in total. The lowest BCUT2D eigenvalue weighted by Gasteiger charge is -2.00. The Morgan fingerprint density at radius 2 is 2.00 bits per heavy atom. The molecule has 0 radical (unpaired) electrons. The van der Waals surface area contributed by atoms with E-state index in [1.807, 2.05) is 24.3 Å². The quantitative estimate of drug-likeness (QED) is 0.800. The summed E-state index contributed by atoms with van der Waals surface area (Å²) in [5, 5.41) is 3.54. The van der Waals surface area contributed by atoms with Gasteiger partial charge in [-0.15, -0.1) is 11.3 Å². The van der Waals surface area contributed by atoms with E-state index >= 15 is 0 Å². The number of halogens is 1. The molecule has 96 valence electrons. The van der Waals surface area contributed by atoms with Crippen molar-refractivity contribution in [1.29, 1.82) is 0 Å². The third-order valence-electron chi connectivity index (χ3n) is 2.26. The zero-order valence-electron chi connectivity index (χ0n) is 9.79. The number of hydrogen-bond acceptors (Lipinski definition) is 7. The third kappa shape index (κ3) is 2.78. The van der Waals surface area contributed by atoms with E-state index in [2.05, 4.69) is 25.3 Å². The molecule has 0 saturated carbocycles. The molecule has 0 aliphatic heterocycles. The highest BCUT2D eigenvalue weighted by Crippen LogP contribution is 2.33. The van der Waals surface area contributed by atoms with Crippen molar-refractivity contribution >= 4 is 50.9 Å². The van der Waals surface area contributed by atoms with Crippen LogP contribution in [-0.4, -0.2) is 27.0 Å². The second-order valence-electron chi connectivity index (χ2n) is 3.51. The molecule has 1 N–H and O–H groups in total. The van der Waals surface area contributed by atoms with Gasteiger partial charge in [-0.3, -0.25) is 0 Å². The van der Waals surface area contributed by atoms with Gasteiger partial charge in [-0.05, 0) is 35.5 Å². The lowest BCUT2D eigenvalue weighted by molar-refractivity contribution is 0.908. The summed E-state index contributed by atoms with van der Waals surface area (Å²) in [5.41, 5.74) is 0.976. The van der Waals surface area contributed by atoms with Gasteiger partial charge in [0.2, 0.25) is 16.4 Å². The van der Waals surface area contributed by atoms with Crippen molar-refractivity contribution in [3.05, 3.63) is 29.5 Å². The molecule has 2 aromatic heterocycles. The Morgan fingerprint density at radius 1 is 1.16 bits per heavy atom. The molecule has 0 bridgehead atoms. The van der Waals surface area contributed by atoms with Gasteiger partial charge < -0.3 is 5.32 Å². The smallest absolute Gasteiger partial charge is 0.228 e. The van der Waals surface area contributed by atoms with E-state index in [0.29, 0.717) is 11.1 Å². The second kappa shape index (κ2) is 5.28. The largest absolute Gasteiger partial charge is 0.357 e. The number of hydrogen-bond donors (Lipinski definition) is 1. The molecule has 0 unspecified atom stereocenters. The fraction of sp³-hybridized carbons (Fsp3) is 0.0909. The zero-order valence-corrected chi connectivity index (χ0v) is 12.2. The predicted molar refractivity (Wildman–Crippen MR) is 78.1 cm³/mol. The molecule has 0 aliphatic rings. The lowest BCUT2D eigenvalue weighted by Crippen LogP contribution is -1.99. The first-order valence-electron chi connectivity index (χ1n) is 5.37. The van der Waals surface area contributed by atoms with Crippen LogP contribution >= 0.6 is 34.7 Å². The van der Waals surface area contributed by atoms with Crippen molar-refractivity contribution in [3.63, 3.8) is 0 Å². The molecule has 8 heteroatoms. The van der Waals surface area contributed by atoms with E-state index < -0.39 is 0 Å². The van der Waals surface area contributed by atoms with Crippen LogP contribution in [0.4, 0.5) is 5.95 Å². The molecule has 0 atom stereocenters. The minimum Gasteiger partial charge on any atom is -0.357 e. The molecule has 0 fully saturated rings. The van der Waals surface area contributed by atoms with Gasteiger partial charge in [0.25, 0.3) is 0 Å². The van der Waals surface area contributed by atoms with Crippen molar-refractivity contribution < 1.29 is 0 Å². The number of thiazole rings is 1. The van der Waals surface area contributed by atoms with Crippen molar-refractivity contribution in [2.75, 3.05) is 12.4 Å². The molecule has 0 amide bonds. The van der Waals surface area contributed by atoms with E-state index in [1.165, 1.54) is 11.8 Å². The van der Waals surface area contributed by atoms with E-state index in [1.54, 1.807) is 18.4 Å².